The minimum Gasteiger partial charge on any atom is -0.377 e. The molecule has 0 aromatic heterocycles. The first kappa shape index (κ1) is 6.35. The molecule has 0 aromatic rings. The summed E-state index contributed by atoms with van der Waals surface area (Å²) in [7, 11) is 0. The number of thiol groups is 1. The van der Waals surface area contributed by atoms with Crippen molar-refractivity contribution in [2.45, 2.75) is 12.3 Å². The Hall–Kier alpha value is 0.230. The van der Waals surface area contributed by atoms with Crippen LogP contribution >= 0.6 is 12.6 Å². The number of aliphatic hydroxyl groups is 1. The second-order valence-electron chi connectivity index (χ2n) is 1.82. The van der Waals surface area contributed by atoms with Gasteiger partial charge < -0.3 is 5.11 Å². The van der Waals surface area contributed by atoms with Crippen LogP contribution in [0.2, 0.25) is 0 Å². The molecule has 48 valence electrons. The maximum absolute atomic E-state index is 8.97. The molecule has 1 aliphatic rings. The quantitative estimate of drug-likeness (QED) is 0.339. The standard InChI is InChI=1S/C4H10N2OS/c7-4-3(1-8)5-2-6-4/h3-8H,1-2H2/t3?,4-/m1/s1. The van der Waals surface area contributed by atoms with Crippen molar-refractivity contribution in [3.8, 4) is 0 Å². The molecule has 1 rings (SSSR count). The lowest BCUT2D eigenvalue weighted by atomic mass is 10.3. The SMILES string of the molecule is O[C@H]1NCNC1CS. The van der Waals surface area contributed by atoms with E-state index in [2.05, 4.69) is 23.3 Å². The fraction of sp³-hybridized carbons (Fsp3) is 1.00. The van der Waals surface area contributed by atoms with Crippen LogP contribution in [-0.2, 0) is 0 Å². The van der Waals surface area contributed by atoms with E-state index >= 15 is 0 Å². The van der Waals surface area contributed by atoms with Gasteiger partial charge in [-0.15, -0.1) is 0 Å². The first-order chi connectivity index (χ1) is 3.84. The molecule has 0 radical (unpaired) electrons. The maximum Gasteiger partial charge on any atom is 0.122 e. The Morgan fingerprint density at radius 2 is 2.38 bits per heavy atom. The van der Waals surface area contributed by atoms with E-state index in [0.29, 0.717) is 12.4 Å². The van der Waals surface area contributed by atoms with Crippen LogP contribution in [0.15, 0.2) is 0 Å². The van der Waals surface area contributed by atoms with Gasteiger partial charge in [-0.2, -0.15) is 12.6 Å². The summed E-state index contributed by atoms with van der Waals surface area (Å²) in [6, 6.07) is 0.123. The third-order valence-corrected chi connectivity index (χ3v) is 1.65. The van der Waals surface area contributed by atoms with Crippen molar-refractivity contribution >= 4 is 12.6 Å². The van der Waals surface area contributed by atoms with E-state index < -0.39 is 6.23 Å². The van der Waals surface area contributed by atoms with Gasteiger partial charge in [-0.25, -0.2) is 0 Å². The second kappa shape index (κ2) is 2.68. The first-order valence-electron chi connectivity index (χ1n) is 2.60. The molecule has 8 heavy (non-hydrogen) atoms. The van der Waals surface area contributed by atoms with Gasteiger partial charge >= 0.3 is 0 Å². The summed E-state index contributed by atoms with van der Waals surface area (Å²) in [6.07, 6.45) is -0.410. The van der Waals surface area contributed by atoms with Gasteiger partial charge in [0, 0.05) is 12.4 Å². The molecule has 3 nitrogen and oxygen atoms in total. The van der Waals surface area contributed by atoms with Gasteiger partial charge in [-0.3, -0.25) is 10.6 Å². The third kappa shape index (κ3) is 1.14. The summed E-state index contributed by atoms with van der Waals surface area (Å²) >= 11 is 4.01. The third-order valence-electron chi connectivity index (χ3n) is 1.25. The lowest BCUT2D eigenvalue weighted by molar-refractivity contribution is 0.146. The minimum atomic E-state index is -0.410. The van der Waals surface area contributed by atoms with Crippen LogP contribution in [0.3, 0.4) is 0 Å². The molecule has 0 amide bonds. The second-order valence-corrected chi connectivity index (χ2v) is 2.18. The van der Waals surface area contributed by atoms with Gasteiger partial charge in [0.25, 0.3) is 0 Å². The van der Waals surface area contributed by atoms with Crippen LogP contribution in [0, 0.1) is 0 Å². The summed E-state index contributed by atoms with van der Waals surface area (Å²) in [6.45, 7) is 0.687. The van der Waals surface area contributed by atoms with Crippen LogP contribution in [0.1, 0.15) is 0 Å². The predicted octanol–water partition coefficient (Wildman–Crippen LogP) is -1.25. The van der Waals surface area contributed by atoms with Crippen molar-refractivity contribution in [3.05, 3.63) is 0 Å². The Kier molecular flexibility index (Phi) is 2.13. The predicted molar refractivity (Wildman–Crippen MR) is 34.8 cm³/mol. The molecule has 1 fully saturated rings. The van der Waals surface area contributed by atoms with E-state index in [1.54, 1.807) is 0 Å². The van der Waals surface area contributed by atoms with Crippen LogP contribution < -0.4 is 10.6 Å². The Balaban J connectivity index is 2.30. The molecule has 0 saturated carbocycles. The van der Waals surface area contributed by atoms with Crippen LogP contribution in [-0.4, -0.2) is 29.8 Å². The molecule has 0 aromatic carbocycles. The van der Waals surface area contributed by atoms with Crippen molar-refractivity contribution in [1.29, 1.82) is 0 Å². The Bertz CT molecular complexity index is 80.4. The summed E-state index contributed by atoms with van der Waals surface area (Å²) in [5.74, 6) is 0.675. The molecule has 1 unspecified atom stereocenters. The molecule has 0 spiro atoms. The summed E-state index contributed by atoms with van der Waals surface area (Å²) < 4.78 is 0. The van der Waals surface area contributed by atoms with Crippen molar-refractivity contribution < 1.29 is 5.11 Å². The molecule has 1 heterocycles. The van der Waals surface area contributed by atoms with Gasteiger partial charge in [-0.1, -0.05) is 0 Å². The lowest BCUT2D eigenvalue weighted by Crippen LogP contribution is -2.34. The Labute approximate surface area is 53.9 Å². The van der Waals surface area contributed by atoms with Crippen molar-refractivity contribution in [2.75, 3.05) is 12.4 Å². The summed E-state index contributed by atoms with van der Waals surface area (Å²) in [4.78, 5) is 0. The Morgan fingerprint density at radius 3 is 2.62 bits per heavy atom. The number of nitrogens with one attached hydrogen (secondary N) is 2. The van der Waals surface area contributed by atoms with E-state index in [9.17, 15) is 0 Å². The van der Waals surface area contributed by atoms with Gasteiger partial charge in [0.2, 0.25) is 0 Å². The fourth-order valence-electron chi connectivity index (χ4n) is 0.713. The molecule has 1 aliphatic heterocycles. The minimum absolute atomic E-state index is 0.123. The molecule has 3 N–H and O–H groups in total. The highest BCUT2D eigenvalue weighted by Crippen LogP contribution is 1.96. The summed E-state index contributed by atoms with van der Waals surface area (Å²) in [5, 5.41) is 14.8. The smallest absolute Gasteiger partial charge is 0.122 e. The highest BCUT2D eigenvalue weighted by molar-refractivity contribution is 7.80. The monoisotopic (exact) mass is 134 g/mol. The average molecular weight is 134 g/mol. The van der Waals surface area contributed by atoms with Gasteiger partial charge in [0.1, 0.15) is 6.23 Å². The largest absolute Gasteiger partial charge is 0.377 e. The zero-order chi connectivity index (χ0) is 5.98. The summed E-state index contributed by atoms with van der Waals surface area (Å²) in [5.41, 5.74) is 0. The normalized spacial score (nSPS) is 38.2. The number of hydrogen-bond acceptors (Lipinski definition) is 4. The van der Waals surface area contributed by atoms with Crippen LogP contribution in [0.5, 0.6) is 0 Å². The average Bonchev–Trinajstić information content (AvgIpc) is 2.14. The number of rotatable bonds is 1. The molecule has 2 atom stereocenters. The first-order valence-corrected chi connectivity index (χ1v) is 3.23. The number of hydrogen-bond donors (Lipinski definition) is 4. The molecule has 4 heteroatoms. The Morgan fingerprint density at radius 1 is 1.62 bits per heavy atom. The van der Waals surface area contributed by atoms with E-state index in [-0.39, 0.29) is 6.04 Å². The van der Waals surface area contributed by atoms with Crippen molar-refractivity contribution in [2.24, 2.45) is 0 Å². The topological polar surface area (TPSA) is 44.3 Å². The fourth-order valence-corrected chi connectivity index (χ4v) is 1.04. The lowest BCUT2D eigenvalue weighted by Gasteiger charge is -2.08. The highest BCUT2D eigenvalue weighted by atomic mass is 32.1. The highest BCUT2D eigenvalue weighted by Gasteiger charge is 2.21. The molecule has 1 saturated heterocycles. The molecule has 0 aliphatic carbocycles. The maximum atomic E-state index is 8.97. The van der Waals surface area contributed by atoms with E-state index in [1.165, 1.54) is 0 Å². The van der Waals surface area contributed by atoms with E-state index in [4.69, 9.17) is 5.11 Å². The zero-order valence-corrected chi connectivity index (χ0v) is 5.36. The molecular formula is C4H10N2OS. The van der Waals surface area contributed by atoms with E-state index in [0.717, 1.165) is 0 Å². The van der Waals surface area contributed by atoms with Gasteiger partial charge in [0.05, 0.1) is 6.04 Å². The van der Waals surface area contributed by atoms with Crippen molar-refractivity contribution in [1.82, 2.24) is 10.6 Å². The van der Waals surface area contributed by atoms with Crippen LogP contribution in [0.4, 0.5) is 0 Å². The van der Waals surface area contributed by atoms with Gasteiger partial charge in [-0.05, 0) is 0 Å². The van der Waals surface area contributed by atoms with Gasteiger partial charge in [0.15, 0.2) is 0 Å². The van der Waals surface area contributed by atoms with E-state index in [1.807, 2.05) is 0 Å². The zero-order valence-electron chi connectivity index (χ0n) is 4.46. The molecule has 0 bridgehead atoms. The van der Waals surface area contributed by atoms with Crippen LogP contribution in [0.25, 0.3) is 0 Å². The van der Waals surface area contributed by atoms with Crippen molar-refractivity contribution in [3.63, 3.8) is 0 Å². The number of aliphatic hydroxyl groups excluding tert-OH is 1. The molecular weight excluding hydrogens is 124 g/mol.